The first-order valence-corrected chi connectivity index (χ1v) is 7.80. The van der Waals surface area contributed by atoms with Crippen LogP contribution in [0.1, 0.15) is 32.6 Å². The second-order valence-electron chi connectivity index (χ2n) is 5.70. The zero-order valence-electron chi connectivity index (χ0n) is 11.3. The van der Waals surface area contributed by atoms with E-state index < -0.39 is 0 Å². The van der Waals surface area contributed by atoms with Crippen LogP contribution in [0, 0.1) is 5.92 Å². The van der Waals surface area contributed by atoms with E-state index in [1.54, 1.807) is 0 Å². The van der Waals surface area contributed by atoms with Crippen molar-refractivity contribution in [3.8, 4) is 0 Å². The summed E-state index contributed by atoms with van der Waals surface area (Å²) >= 11 is 3.64. The van der Waals surface area contributed by atoms with E-state index in [1.807, 2.05) is 6.07 Å². The van der Waals surface area contributed by atoms with Crippen molar-refractivity contribution in [1.29, 1.82) is 0 Å². The molecule has 0 saturated heterocycles. The van der Waals surface area contributed by atoms with Crippen LogP contribution in [0.4, 0.5) is 5.69 Å². The van der Waals surface area contributed by atoms with E-state index in [1.165, 1.54) is 25.7 Å². The van der Waals surface area contributed by atoms with E-state index in [0.29, 0.717) is 5.96 Å². The number of benzene rings is 1. The van der Waals surface area contributed by atoms with Crippen molar-refractivity contribution in [2.45, 2.75) is 38.1 Å². The third-order valence-corrected chi connectivity index (χ3v) is 5.27. The summed E-state index contributed by atoms with van der Waals surface area (Å²) in [5.41, 5.74) is 7.45. The number of nitrogens with zero attached hydrogens (tertiary/aromatic N) is 2. The summed E-state index contributed by atoms with van der Waals surface area (Å²) in [6.07, 6.45) is 4.94. The van der Waals surface area contributed by atoms with Gasteiger partial charge in [0, 0.05) is 4.47 Å². The summed E-state index contributed by atoms with van der Waals surface area (Å²) in [5, 5.41) is 0. The van der Waals surface area contributed by atoms with Gasteiger partial charge in [0.05, 0.1) is 17.8 Å². The van der Waals surface area contributed by atoms with Gasteiger partial charge in [0.2, 0.25) is 0 Å². The van der Waals surface area contributed by atoms with Gasteiger partial charge in [-0.15, -0.1) is 0 Å². The highest BCUT2D eigenvalue weighted by molar-refractivity contribution is 9.10. The van der Waals surface area contributed by atoms with Gasteiger partial charge < -0.3 is 10.6 Å². The summed E-state index contributed by atoms with van der Waals surface area (Å²) in [7, 11) is 0. The molecule has 2 atom stereocenters. The fraction of sp³-hybridized carbons (Fsp3) is 0.533. The predicted octanol–water partition coefficient (Wildman–Crippen LogP) is 3.53. The van der Waals surface area contributed by atoms with Gasteiger partial charge in [0.15, 0.2) is 5.96 Å². The van der Waals surface area contributed by atoms with Crippen LogP contribution in [0.25, 0.3) is 0 Å². The Morgan fingerprint density at radius 3 is 2.95 bits per heavy atom. The Kier molecular flexibility index (Phi) is 3.29. The Hall–Kier alpha value is -1.03. The second kappa shape index (κ2) is 4.82. The molecule has 1 fully saturated rings. The molecule has 4 heteroatoms. The molecule has 0 radical (unpaired) electrons. The number of hydrogen-bond acceptors (Lipinski definition) is 3. The number of aliphatic imine (C=N–C) groups is 1. The van der Waals surface area contributed by atoms with Crippen molar-refractivity contribution in [3.05, 3.63) is 28.7 Å². The van der Waals surface area contributed by atoms with Gasteiger partial charge in [-0.25, -0.2) is 0 Å². The number of anilines is 1. The minimum atomic E-state index is 0.120. The first-order valence-electron chi connectivity index (χ1n) is 7.01. The number of hydrogen-bond donors (Lipinski definition) is 1. The molecule has 1 aromatic rings. The van der Waals surface area contributed by atoms with Gasteiger partial charge in [-0.1, -0.05) is 25.5 Å². The first kappa shape index (κ1) is 13.0. The Morgan fingerprint density at radius 2 is 2.26 bits per heavy atom. The van der Waals surface area contributed by atoms with E-state index in [2.05, 4.69) is 50.9 Å². The average molecular weight is 322 g/mol. The van der Waals surface area contributed by atoms with Crippen LogP contribution in [-0.2, 0) is 0 Å². The smallest absolute Gasteiger partial charge is 0.196 e. The molecule has 102 valence electrons. The van der Waals surface area contributed by atoms with Gasteiger partial charge in [-0.3, -0.25) is 4.99 Å². The Balaban J connectivity index is 1.98. The third-order valence-electron chi connectivity index (χ3n) is 4.60. The van der Waals surface area contributed by atoms with Gasteiger partial charge in [-0.2, -0.15) is 0 Å². The molecule has 1 spiro atoms. The first-order chi connectivity index (χ1) is 9.16. The number of rotatable bonds is 2. The van der Waals surface area contributed by atoms with Crippen molar-refractivity contribution in [2.75, 3.05) is 11.4 Å². The molecule has 3 nitrogen and oxygen atoms in total. The highest BCUT2D eigenvalue weighted by Crippen LogP contribution is 2.46. The van der Waals surface area contributed by atoms with Crippen LogP contribution in [0.5, 0.6) is 0 Å². The van der Waals surface area contributed by atoms with Crippen LogP contribution >= 0.6 is 15.9 Å². The molecule has 2 unspecified atom stereocenters. The van der Waals surface area contributed by atoms with Crippen molar-refractivity contribution in [3.63, 3.8) is 0 Å². The number of guanidine groups is 1. The fourth-order valence-corrected chi connectivity index (χ4v) is 4.00. The highest BCUT2D eigenvalue weighted by atomic mass is 79.9. The van der Waals surface area contributed by atoms with Crippen LogP contribution in [0.2, 0.25) is 0 Å². The molecule has 2 N–H and O–H groups in total. The molecule has 0 aromatic heterocycles. The molecule has 1 aromatic carbocycles. The van der Waals surface area contributed by atoms with E-state index in [4.69, 9.17) is 5.73 Å². The molecule has 3 rings (SSSR count). The largest absolute Gasteiger partial charge is 0.369 e. The summed E-state index contributed by atoms with van der Waals surface area (Å²) in [5.74, 6) is 1.48. The summed E-state index contributed by atoms with van der Waals surface area (Å²) in [6.45, 7) is 3.13. The highest BCUT2D eigenvalue weighted by Gasteiger charge is 2.48. The molecule has 2 aliphatic rings. The van der Waals surface area contributed by atoms with Gasteiger partial charge in [0.25, 0.3) is 0 Å². The van der Waals surface area contributed by atoms with Crippen LogP contribution in [-0.4, -0.2) is 18.0 Å². The second-order valence-corrected chi connectivity index (χ2v) is 6.56. The zero-order chi connectivity index (χ0) is 13.5. The summed E-state index contributed by atoms with van der Waals surface area (Å²) in [6, 6.07) is 8.29. The minimum Gasteiger partial charge on any atom is -0.369 e. The number of halogens is 1. The molecular weight excluding hydrogens is 302 g/mol. The lowest BCUT2D eigenvalue weighted by Crippen LogP contribution is -2.50. The maximum atomic E-state index is 6.18. The zero-order valence-corrected chi connectivity index (χ0v) is 12.9. The Labute approximate surface area is 123 Å². The van der Waals surface area contributed by atoms with E-state index in [0.717, 1.165) is 22.6 Å². The van der Waals surface area contributed by atoms with Crippen LogP contribution in [0.15, 0.2) is 33.7 Å². The van der Waals surface area contributed by atoms with Crippen molar-refractivity contribution in [1.82, 2.24) is 0 Å². The van der Waals surface area contributed by atoms with Crippen molar-refractivity contribution >= 4 is 27.6 Å². The lowest BCUT2D eigenvalue weighted by Gasteiger charge is -2.37. The molecule has 1 heterocycles. The average Bonchev–Trinajstić information content (AvgIpc) is 2.97. The van der Waals surface area contributed by atoms with E-state index in [-0.39, 0.29) is 5.54 Å². The monoisotopic (exact) mass is 321 g/mol. The molecule has 1 aliphatic carbocycles. The predicted molar refractivity (Wildman–Crippen MR) is 83.5 cm³/mol. The lowest BCUT2D eigenvalue weighted by molar-refractivity contribution is 0.434. The molecule has 19 heavy (non-hydrogen) atoms. The lowest BCUT2D eigenvalue weighted by atomic mass is 9.93. The SMILES string of the molecule is CCC1CCC2(CN=C(N)N2c2ccccc2Br)C1. The summed E-state index contributed by atoms with van der Waals surface area (Å²) < 4.78 is 1.09. The number of nitrogens with two attached hydrogens (primary N) is 1. The van der Waals surface area contributed by atoms with Crippen LogP contribution < -0.4 is 10.6 Å². The van der Waals surface area contributed by atoms with Crippen LogP contribution in [0.3, 0.4) is 0 Å². The van der Waals surface area contributed by atoms with Gasteiger partial charge >= 0.3 is 0 Å². The third kappa shape index (κ3) is 2.06. The van der Waals surface area contributed by atoms with E-state index >= 15 is 0 Å². The Bertz CT molecular complexity index is 514. The maximum Gasteiger partial charge on any atom is 0.196 e. The standard InChI is InChI=1S/C15H20BrN3/c1-2-11-7-8-15(9-11)10-18-14(17)19(15)13-6-4-3-5-12(13)16/h3-6,11H,2,7-10H2,1H3,(H2,17,18). The Morgan fingerprint density at radius 1 is 1.47 bits per heavy atom. The molecule has 1 aliphatic heterocycles. The normalized spacial score (nSPS) is 30.1. The quantitative estimate of drug-likeness (QED) is 0.905. The van der Waals surface area contributed by atoms with Gasteiger partial charge in [-0.05, 0) is 53.2 Å². The maximum absolute atomic E-state index is 6.18. The number of para-hydroxylation sites is 1. The van der Waals surface area contributed by atoms with Crippen molar-refractivity contribution < 1.29 is 0 Å². The van der Waals surface area contributed by atoms with E-state index in [9.17, 15) is 0 Å². The molecule has 1 saturated carbocycles. The molecule has 0 bridgehead atoms. The summed E-state index contributed by atoms with van der Waals surface area (Å²) in [4.78, 5) is 6.81. The molecular formula is C15H20BrN3. The van der Waals surface area contributed by atoms with Gasteiger partial charge in [0.1, 0.15) is 0 Å². The molecule has 0 amide bonds. The topological polar surface area (TPSA) is 41.6 Å². The minimum absolute atomic E-state index is 0.120. The fourth-order valence-electron chi connectivity index (χ4n) is 3.53. The van der Waals surface area contributed by atoms with Crippen molar-refractivity contribution in [2.24, 2.45) is 16.6 Å².